The van der Waals surface area contributed by atoms with Gasteiger partial charge in [-0.2, -0.15) is 0 Å². The van der Waals surface area contributed by atoms with Crippen molar-refractivity contribution in [3.05, 3.63) is 0 Å². The molecular formula is C11H32F2O2. The summed E-state index contributed by atoms with van der Waals surface area (Å²) in [6, 6.07) is 0. The van der Waals surface area contributed by atoms with Gasteiger partial charge in [-0.05, 0) is 6.42 Å². The van der Waals surface area contributed by atoms with Crippen LogP contribution in [0.4, 0.5) is 8.78 Å². The molecule has 15 heavy (non-hydrogen) atoms. The van der Waals surface area contributed by atoms with E-state index < -0.39 is 0 Å². The molecule has 0 aromatic carbocycles. The van der Waals surface area contributed by atoms with E-state index in [-0.39, 0.29) is 36.4 Å². The fraction of sp³-hybridized carbons (Fsp3) is 1.00. The molecule has 0 aromatic heterocycles. The molecule has 0 radical (unpaired) electrons. The highest BCUT2D eigenvalue weighted by molar-refractivity contribution is 4.31. The van der Waals surface area contributed by atoms with Crippen molar-refractivity contribution in [3.8, 4) is 0 Å². The molecule has 0 N–H and O–H groups in total. The lowest BCUT2D eigenvalue weighted by Crippen LogP contribution is -2.03. The van der Waals surface area contributed by atoms with Crippen molar-refractivity contribution in [2.24, 2.45) is 0 Å². The fourth-order valence-electron chi connectivity index (χ4n) is 0.401. The molecule has 0 atom stereocenters. The molecule has 0 aromatic rings. The van der Waals surface area contributed by atoms with Crippen LogP contribution < -0.4 is 0 Å². The number of halogens is 2. The summed E-state index contributed by atoms with van der Waals surface area (Å²) < 4.78 is 30.5. The normalized spacial score (nSPS) is 6.40. The lowest BCUT2D eigenvalue weighted by Gasteiger charge is -1.99. The van der Waals surface area contributed by atoms with Gasteiger partial charge in [0.15, 0.2) is 0 Å². The van der Waals surface area contributed by atoms with Crippen molar-refractivity contribution >= 4 is 0 Å². The van der Waals surface area contributed by atoms with Crippen LogP contribution >= 0.6 is 0 Å². The molecule has 2 nitrogen and oxygen atoms in total. The molecule has 0 aliphatic rings. The zero-order chi connectivity index (χ0) is 8.95. The van der Waals surface area contributed by atoms with Crippen molar-refractivity contribution in [2.45, 2.75) is 36.1 Å². The minimum absolute atomic E-state index is 0. The van der Waals surface area contributed by atoms with E-state index in [2.05, 4.69) is 0 Å². The smallest absolute Gasteiger partial charge is 0.0916 e. The van der Waals surface area contributed by atoms with Crippen molar-refractivity contribution < 1.29 is 18.3 Å². The monoisotopic (exact) mass is 234 g/mol. The van der Waals surface area contributed by atoms with Gasteiger partial charge in [-0.15, -0.1) is 0 Å². The van der Waals surface area contributed by atoms with Gasteiger partial charge in [0, 0.05) is 13.7 Å². The minimum atomic E-state index is -0.299. The van der Waals surface area contributed by atoms with Crippen molar-refractivity contribution in [1.82, 2.24) is 0 Å². The zero-order valence-corrected chi connectivity index (χ0v) is 7.11. The number of ether oxygens (including phenoxy) is 2. The Kier molecular flexibility index (Phi) is 119. The van der Waals surface area contributed by atoms with E-state index in [4.69, 9.17) is 9.47 Å². The highest BCUT2D eigenvalue weighted by Gasteiger charge is 1.85. The second-order valence-corrected chi connectivity index (χ2v) is 1.65. The highest BCUT2D eigenvalue weighted by Crippen LogP contribution is 1.82. The van der Waals surface area contributed by atoms with E-state index in [9.17, 15) is 8.78 Å². The van der Waals surface area contributed by atoms with Crippen LogP contribution in [0.15, 0.2) is 0 Å². The molecule has 0 unspecified atom stereocenters. The molecule has 0 spiro atoms. The summed E-state index contributed by atoms with van der Waals surface area (Å²) in [5, 5.41) is 0. The molecule has 0 rings (SSSR count). The first kappa shape index (κ1) is 36.4. The Hall–Kier alpha value is -0.220. The summed E-state index contributed by atoms with van der Waals surface area (Å²) in [5.41, 5.74) is 0. The Labute approximate surface area is 96.0 Å². The molecule has 0 bridgehead atoms. The third kappa shape index (κ3) is 57.2. The van der Waals surface area contributed by atoms with E-state index in [0.717, 1.165) is 0 Å². The van der Waals surface area contributed by atoms with E-state index in [0.29, 0.717) is 33.4 Å². The van der Waals surface area contributed by atoms with Gasteiger partial charge in [-0.25, -0.2) is 0 Å². The van der Waals surface area contributed by atoms with Crippen molar-refractivity contribution in [2.75, 3.05) is 40.8 Å². The van der Waals surface area contributed by atoms with Gasteiger partial charge in [0.1, 0.15) is 0 Å². The highest BCUT2D eigenvalue weighted by atomic mass is 19.1. The largest absolute Gasteiger partial charge is 0.382 e. The Balaban J connectivity index is -0.0000000317. The average molecular weight is 234 g/mol. The molecule has 0 aliphatic carbocycles. The maximum absolute atomic E-state index is 11.4. The predicted molar refractivity (Wildman–Crippen MR) is 67.2 cm³/mol. The summed E-state index contributed by atoms with van der Waals surface area (Å²) >= 11 is 0. The summed E-state index contributed by atoms with van der Waals surface area (Å²) in [7, 11) is 2.11. The van der Waals surface area contributed by atoms with Gasteiger partial charge >= 0.3 is 0 Å². The van der Waals surface area contributed by atoms with Crippen LogP contribution in [0, 0.1) is 0 Å². The average Bonchev–Trinajstić information content (AvgIpc) is 2.08. The fourth-order valence-corrected chi connectivity index (χ4v) is 0.401. The van der Waals surface area contributed by atoms with Crippen LogP contribution in [0.3, 0.4) is 0 Å². The Bertz CT molecular complexity index is 49.9. The minimum Gasteiger partial charge on any atom is -0.382 e. The third-order valence-electron chi connectivity index (χ3n) is 0.854. The Morgan fingerprint density at radius 1 is 0.867 bits per heavy atom. The van der Waals surface area contributed by atoms with Crippen molar-refractivity contribution in [1.29, 1.82) is 0 Å². The lowest BCUT2D eigenvalue weighted by atomic mass is 10.5. The van der Waals surface area contributed by atoms with Gasteiger partial charge in [0.2, 0.25) is 0 Å². The molecule has 0 fully saturated rings. The second-order valence-electron chi connectivity index (χ2n) is 1.65. The van der Waals surface area contributed by atoms with Gasteiger partial charge in [-0.3, -0.25) is 8.78 Å². The number of hydrogen-bond donors (Lipinski definition) is 0. The molecule has 102 valence electrons. The van der Waals surface area contributed by atoms with Crippen LogP contribution in [0.25, 0.3) is 0 Å². The van der Waals surface area contributed by atoms with E-state index in [1.54, 1.807) is 7.11 Å². The van der Waals surface area contributed by atoms with Crippen LogP contribution in [-0.2, 0) is 9.47 Å². The van der Waals surface area contributed by atoms with E-state index in [1.807, 2.05) is 0 Å². The van der Waals surface area contributed by atoms with Crippen LogP contribution in [-0.4, -0.2) is 40.8 Å². The molecule has 0 aliphatic heterocycles. The Morgan fingerprint density at radius 2 is 1.33 bits per heavy atom. The SMILES string of the molecule is C.C.C.C.CF.COCCOCCCF. The summed E-state index contributed by atoms with van der Waals surface area (Å²) in [4.78, 5) is 0. The van der Waals surface area contributed by atoms with Crippen LogP contribution in [0.5, 0.6) is 0 Å². The molecule has 0 saturated carbocycles. The summed E-state index contributed by atoms with van der Waals surface area (Å²) in [6.07, 6.45) is 0.490. The van der Waals surface area contributed by atoms with E-state index in [1.165, 1.54) is 0 Å². The number of methoxy groups -OCH3 is 1. The van der Waals surface area contributed by atoms with Gasteiger partial charge < -0.3 is 9.47 Å². The van der Waals surface area contributed by atoms with E-state index >= 15 is 0 Å². The molecule has 4 heteroatoms. The maximum Gasteiger partial charge on any atom is 0.0916 e. The van der Waals surface area contributed by atoms with Gasteiger partial charge in [0.25, 0.3) is 0 Å². The summed E-state index contributed by atoms with van der Waals surface area (Å²) in [5.74, 6) is 0. The molecule has 0 amide bonds. The molecule has 0 heterocycles. The topological polar surface area (TPSA) is 18.5 Å². The van der Waals surface area contributed by atoms with Gasteiger partial charge in [-0.1, -0.05) is 29.7 Å². The predicted octanol–water partition coefficient (Wildman–Crippen LogP) is 4.14. The Morgan fingerprint density at radius 3 is 1.67 bits per heavy atom. The van der Waals surface area contributed by atoms with Crippen molar-refractivity contribution in [3.63, 3.8) is 0 Å². The quantitative estimate of drug-likeness (QED) is 0.643. The van der Waals surface area contributed by atoms with Crippen LogP contribution in [0.1, 0.15) is 36.1 Å². The maximum atomic E-state index is 11.4. The first-order valence-corrected chi connectivity index (χ1v) is 3.42. The number of hydrogen-bond acceptors (Lipinski definition) is 2. The first-order valence-electron chi connectivity index (χ1n) is 3.42. The van der Waals surface area contributed by atoms with Gasteiger partial charge in [0.05, 0.1) is 27.1 Å². The first-order chi connectivity index (χ1) is 5.41. The standard InChI is InChI=1S/C6H13FO2.CH3F.4CH4/c1-8-5-6-9-4-2-3-7;1-2;;;;/h2-6H2,1H3;1H3;4*1H4. The molecular weight excluding hydrogens is 202 g/mol. The lowest BCUT2D eigenvalue weighted by molar-refractivity contribution is 0.0672. The van der Waals surface area contributed by atoms with Crippen LogP contribution in [0.2, 0.25) is 0 Å². The number of alkyl halides is 2. The number of rotatable bonds is 6. The summed E-state index contributed by atoms with van der Waals surface area (Å²) in [6.45, 7) is 1.36. The molecule has 0 saturated heterocycles. The second kappa shape index (κ2) is 49.0. The third-order valence-corrected chi connectivity index (χ3v) is 0.854. The zero-order valence-electron chi connectivity index (χ0n) is 7.11.